The van der Waals surface area contributed by atoms with Crippen LogP contribution in [0, 0.1) is 10.1 Å². The molecule has 0 amide bonds. The third-order valence-electron chi connectivity index (χ3n) is 5.15. The molecule has 1 saturated heterocycles. The minimum absolute atomic E-state index is 0.0249. The van der Waals surface area contributed by atoms with Crippen molar-refractivity contribution in [1.82, 2.24) is 9.78 Å². The second-order valence-electron chi connectivity index (χ2n) is 7.00. The van der Waals surface area contributed by atoms with Gasteiger partial charge in [0.1, 0.15) is 32.4 Å². The van der Waals surface area contributed by atoms with Gasteiger partial charge in [-0.05, 0) is 12.1 Å². The first-order valence-electron chi connectivity index (χ1n) is 9.09. The number of aromatic amines is 1. The Morgan fingerprint density at radius 2 is 1.97 bits per heavy atom. The highest BCUT2D eigenvalue weighted by atomic mass is 19.4. The number of fused-ring (bicyclic) bond motifs is 1. The summed E-state index contributed by atoms with van der Waals surface area (Å²) in [6.07, 6.45) is -1.69. The van der Waals surface area contributed by atoms with Crippen molar-refractivity contribution in [3.8, 4) is 0 Å². The standard InChI is InChI=1S/C18H17F3N6O2/c19-18(20,21)14-2-4-17(22-11-14)25-7-5-24(6-8-25)12-26-16-9-15(27(28)29)3-1-13(16)10-23-26/h1-4,9-11H,5-8,12H2/p+2. The van der Waals surface area contributed by atoms with Crippen molar-refractivity contribution in [3.05, 3.63) is 58.4 Å². The molecule has 2 N–H and O–H groups in total. The normalized spacial score (nSPS) is 15.8. The summed E-state index contributed by atoms with van der Waals surface area (Å²) in [5.74, 6) is 0.650. The molecule has 0 saturated carbocycles. The molecule has 8 nitrogen and oxygen atoms in total. The van der Waals surface area contributed by atoms with Gasteiger partial charge in [0, 0.05) is 23.6 Å². The molecule has 1 aromatic carbocycles. The average molecular weight is 408 g/mol. The van der Waals surface area contributed by atoms with Crippen molar-refractivity contribution in [2.45, 2.75) is 12.8 Å². The van der Waals surface area contributed by atoms with Gasteiger partial charge >= 0.3 is 6.18 Å². The second kappa shape index (κ2) is 7.32. The highest BCUT2D eigenvalue weighted by Gasteiger charge is 2.33. The van der Waals surface area contributed by atoms with E-state index in [1.165, 1.54) is 23.1 Å². The first-order valence-corrected chi connectivity index (χ1v) is 9.09. The Kier molecular flexibility index (Phi) is 4.82. The fourth-order valence-corrected chi connectivity index (χ4v) is 3.52. The van der Waals surface area contributed by atoms with E-state index in [1.807, 2.05) is 4.90 Å². The van der Waals surface area contributed by atoms with Gasteiger partial charge in [0.15, 0.2) is 6.67 Å². The van der Waals surface area contributed by atoms with Crippen molar-refractivity contribution < 1.29 is 28.0 Å². The van der Waals surface area contributed by atoms with Gasteiger partial charge in [0.2, 0.25) is 0 Å². The summed E-state index contributed by atoms with van der Waals surface area (Å²) in [4.78, 5) is 16.6. The lowest BCUT2D eigenvalue weighted by Crippen LogP contribution is -3.14. The number of hydrogen-bond acceptors (Lipinski definition) is 4. The Balaban J connectivity index is 1.41. The fourth-order valence-electron chi connectivity index (χ4n) is 3.52. The first kappa shape index (κ1) is 19.1. The number of aromatic nitrogens is 3. The number of quaternary nitrogens is 1. The van der Waals surface area contributed by atoms with Crippen LogP contribution in [0.1, 0.15) is 5.56 Å². The molecule has 11 heteroatoms. The summed E-state index contributed by atoms with van der Waals surface area (Å²) < 4.78 is 39.8. The largest absolute Gasteiger partial charge is 0.419 e. The molecular weight excluding hydrogens is 389 g/mol. The van der Waals surface area contributed by atoms with Crippen molar-refractivity contribution in [2.24, 2.45) is 0 Å². The summed E-state index contributed by atoms with van der Waals surface area (Å²) in [6.45, 7) is 3.46. The molecule has 3 heterocycles. The summed E-state index contributed by atoms with van der Waals surface area (Å²) in [7, 11) is 0. The number of rotatable bonds is 4. The van der Waals surface area contributed by atoms with Crippen LogP contribution in [-0.2, 0) is 12.8 Å². The van der Waals surface area contributed by atoms with Crippen molar-refractivity contribution in [1.29, 1.82) is 0 Å². The number of non-ortho nitro benzene ring substituents is 1. The van der Waals surface area contributed by atoms with Crippen LogP contribution in [-0.4, -0.2) is 40.9 Å². The van der Waals surface area contributed by atoms with Crippen LogP contribution in [0.4, 0.5) is 24.7 Å². The number of benzene rings is 1. The van der Waals surface area contributed by atoms with E-state index in [-0.39, 0.29) is 5.69 Å². The predicted molar refractivity (Wildman–Crippen MR) is 97.3 cm³/mol. The Morgan fingerprint density at radius 3 is 2.59 bits per heavy atom. The van der Waals surface area contributed by atoms with Crippen LogP contribution >= 0.6 is 0 Å². The van der Waals surface area contributed by atoms with Gasteiger partial charge in [-0.15, -0.1) is 0 Å². The topological polar surface area (TPSA) is 82.8 Å². The summed E-state index contributed by atoms with van der Waals surface area (Å²) in [5.41, 5.74) is 0.0345. The molecular formula is C18H19F3N6O2+2. The number of nitro benzene ring substituents is 1. The number of halogens is 3. The smallest absolute Gasteiger partial charge is 0.310 e. The molecule has 4 rings (SSSR count). The quantitative estimate of drug-likeness (QED) is 0.519. The maximum atomic E-state index is 12.7. The predicted octanol–water partition coefficient (Wildman–Crippen LogP) is 1.14. The summed E-state index contributed by atoms with van der Waals surface area (Å²) >= 11 is 0. The number of piperazine rings is 1. The molecule has 3 aromatic rings. The number of hydrogen-bond donors (Lipinski definition) is 1. The number of nitro groups is 1. The van der Waals surface area contributed by atoms with Crippen LogP contribution in [0.2, 0.25) is 0 Å². The lowest BCUT2D eigenvalue weighted by molar-refractivity contribution is -0.923. The van der Waals surface area contributed by atoms with Gasteiger partial charge in [-0.25, -0.2) is 9.67 Å². The Morgan fingerprint density at radius 1 is 1.21 bits per heavy atom. The summed E-state index contributed by atoms with van der Waals surface area (Å²) in [6, 6.07) is 7.20. The molecule has 1 aliphatic heterocycles. The van der Waals surface area contributed by atoms with Crippen molar-refractivity contribution >= 4 is 22.4 Å². The monoisotopic (exact) mass is 408 g/mol. The molecule has 0 unspecified atom stereocenters. The van der Waals surface area contributed by atoms with Gasteiger partial charge in [-0.2, -0.15) is 18.3 Å². The van der Waals surface area contributed by atoms with Gasteiger partial charge in [-0.3, -0.25) is 15.0 Å². The van der Waals surface area contributed by atoms with Crippen LogP contribution < -0.4 is 14.8 Å². The lowest BCUT2D eigenvalue weighted by Gasteiger charge is -2.28. The van der Waals surface area contributed by atoms with Crippen LogP contribution in [0.15, 0.2) is 42.7 Å². The highest BCUT2D eigenvalue weighted by molar-refractivity contribution is 5.80. The molecule has 0 radical (unpaired) electrons. The lowest BCUT2D eigenvalue weighted by atomic mass is 10.2. The zero-order valence-electron chi connectivity index (χ0n) is 15.3. The van der Waals surface area contributed by atoms with E-state index >= 15 is 0 Å². The molecule has 0 spiro atoms. The van der Waals surface area contributed by atoms with Crippen molar-refractivity contribution in [2.75, 3.05) is 31.1 Å². The molecule has 0 bridgehead atoms. The fraction of sp³-hybridized carbons (Fsp3) is 0.333. The number of alkyl halides is 3. The maximum Gasteiger partial charge on any atom is 0.419 e. The van der Waals surface area contributed by atoms with Crippen LogP contribution in [0.5, 0.6) is 0 Å². The molecule has 152 valence electrons. The highest BCUT2D eigenvalue weighted by Crippen LogP contribution is 2.28. The Bertz CT molecular complexity index is 1030. The van der Waals surface area contributed by atoms with E-state index in [0.29, 0.717) is 31.1 Å². The molecule has 1 fully saturated rings. The third kappa shape index (κ3) is 3.99. The van der Waals surface area contributed by atoms with Gasteiger partial charge in [0.25, 0.3) is 11.5 Å². The minimum Gasteiger partial charge on any atom is -0.310 e. The molecule has 0 atom stereocenters. The van der Waals surface area contributed by atoms with E-state index in [1.54, 1.807) is 16.9 Å². The number of anilines is 1. The van der Waals surface area contributed by atoms with Crippen LogP contribution in [0.25, 0.3) is 10.9 Å². The molecule has 0 aliphatic carbocycles. The molecule has 1 aliphatic rings. The molecule has 29 heavy (non-hydrogen) atoms. The third-order valence-corrected chi connectivity index (χ3v) is 5.15. The summed E-state index contributed by atoms with van der Waals surface area (Å²) in [5, 5.41) is 16.2. The zero-order chi connectivity index (χ0) is 20.6. The minimum atomic E-state index is -4.36. The Hall–Kier alpha value is -3.21. The van der Waals surface area contributed by atoms with E-state index < -0.39 is 16.7 Å². The van der Waals surface area contributed by atoms with Gasteiger partial charge in [-0.1, -0.05) is 0 Å². The van der Waals surface area contributed by atoms with Gasteiger partial charge < -0.3 is 4.90 Å². The first-order chi connectivity index (χ1) is 13.8. The Labute approximate surface area is 163 Å². The second-order valence-corrected chi connectivity index (χ2v) is 7.00. The number of nitrogens with one attached hydrogen (secondary N) is 2. The SMILES string of the molecule is O=[N+]([O-])c1ccc2cnn(C[NH+]3CCN(c4ccc(C(F)(F)F)c[nH+]4)CC3)c2c1. The number of nitrogens with zero attached hydrogens (tertiary/aromatic N) is 4. The average Bonchev–Trinajstić information content (AvgIpc) is 3.10. The zero-order valence-corrected chi connectivity index (χ0v) is 15.3. The van der Waals surface area contributed by atoms with Crippen molar-refractivity contribution in [3.63, 3.8) is 0 Å². The van der Waals surface area contributed by atoms with Crippen LogP contribution in [0.3, 0.4) is 0 Å². The van der Waals surface area contributed by atoms with E-state index in [4.69, 9.17) is 0 Å². The molecule has 2 aromatic heterocycles. The van der Waals surface area contributed by atoms with E-state index in [0.717, 1.165) is 30.7 Å². The van der Waals surface area contributed by atoms with E-state index in [9.17, 15) is 23.3 Å². The van der Waals surface area contributed by atoms with E-state index in [2.05, 4.69) is 10.1 Å². The maximum absolute atomic E-state index is 12.7. The number of pyridine rings is 1. The number of H-pyrrole nitrogens is 1. The van der Waals surface area contributed by atoms with Gasteiger partial charge in [0.05, 0.1) is 22.2 Å².